The molecule has 0 heterocycles. The monoisotopic (exact) mass is 252 g/mol. The van der Waals surface area contributed by atoms with Crippen molar-refractivity contribution >= 4 is 11.9 Å². The van der Waals surface area contributed by atoms with Crippen molar-refractivity contribution in [1.82, 2.24) is 0 Å². The van der Waals surface area contributed by atoms with Crippen molar-refractivity contribution in [2.45, 2.75) is 25.6 Å². The van der Waals surface area contributed by atoms with Crippen molar-refractivity contribution in [3.63, 3.8) is 0 Å². The second kappa shape index (κ2) is 6.13. The second-order valence-corrected chi connectivity index (χ2v) is 3.98. The lowest BCUT2D eigenvalue weighted by Gasteiger charge is -2.14. The van der Waals surface area contributed by atoms with Gasteiger partial charge >= 0.3 is 11.9 Å². The van der Waals surface area contributed by atoms with Gasteiger partial charge in [-0.1, -0.05) is 29.8 Å². The molecule has 0 aromatic heterocycles. The Morgan fingerprint density at radius 2 is 1.78 bits per heavy atom. The smallest absolute Gasteiger partial charge is 0.325 e. The van der Waals surface area contributed by atoms with E-state index in [0.29, 0.717) is 0 Å². The number of nitrogens with two attached hydrogens (primary N) is 2. The fourth-order valence-corrected chi connectivity index (χ4v) is 1.24. The number of benzene rings is 1. The lowest BCUT2D eigenvalue weighted by molar-refractivity contribution is -0.151. The number of carbonyl (C=O) groups is 2. The Balaban J connectivity index is 2.50. The molecule has 0 bridgehead atoms. The predicted octanol–water partition coefficient (Wildman–Crippen LogP) is -0.223. The first-order valence-corrected chi connectivity index (χ1v) is 5.38. The van der Waals surface area contributed by atoms with Crippen molar-refractivity contribution in [2.24, 2.45) is 11.5 Å². The van der Waals surface area contributed by atoms with E-state index in [1.165, 1.54) is 0 Å². The third-order valence-corrected chi connectivity index (χ3v) is 2.45. The maximum absolute atomic E-state index is 11.4. The van der Waals surface area contributed by atoms with Crippen molar-refractivity contribution in [3.05, 3.63) is 35.4 Å². The maximum Gasteiger partial charge on any atom is 0.325 e. The number of ether oxygens (including phenoxy) is 1. The molecule has 2 atom stereocenters. The van der Waals surface area contributed by atoms with Gasteiger partial charge in [0.1, 0.15) is 18.7 Å². The highest BCUT2D eigenvalue weighted by Gasteiger charge is 2.28. The summed E-state index contributed by atoms with van der Waals surface area (Å²) in [6.07, 6.45) is 0. The Labute approximate surface area is 105 Å². The van der Waals surface area contributed by atoms with E-state index in [4.69, 9.17) is 21.3 Å². The molecule has 0 saturated carbocycles. The van der Waals surface area contributed by atoms with E-state index in [0.717, 1.165) is 11.1 Å². The Morgan fingerprint density at radius 1 is 1.22 bits per heavy atom. The van der Waals surface area contributed by atoms with Gasteiger partial charge in [0.25, 0.3) is 0 Å². The van der Waals surface area contributed by atoms with Crippen LogP contribution in [0.25, 0.3) is 0 Å². The summed E-state index contributed by atoms with van der Waals surface area (Å²) in [6, 6.07) is 4.55. The molecule has 6 heteroatoms. The van der Waals surface area contributed by atoms with Crippen LogP contribution in [0.15, 0.2) is 24.3 Å². The summed E-state index contributed by atoms with van der Waals surface area (Å²) in [5, 5.41) is 8.60. The molecule has 0 spiro atoms. The van der Waals surface area contributed by atoms with Gasteiger partial charge in [-0.05, 0) is 12.5 Å². The zero-order valence-corrected chi connectivity index (χ0v) is 10.00. The molecule has 1 aromatic rings. The van der Waals surface area contributed by atoms with Gasteiger partial charge in [-0.2, -0.15) is 0 Å². The molecule has 0 aliphatic carbocycles. The molecule has 0 aliphatic heterocycles. The summed E-state index contributed by atoms with van der Waals surface area (Å²) in [4.78, 5) is 22.0. The van der Waals surface area contributed by atoms with Crippen LogP contribution in [0.2, 0.25) is 0 Å². The molecule has 98 valence electrons. The molecular weight excluding hydrogens is 236 g/mol. The summed E-state index contributed by atoms with van der Waals surface area (Å²) in [5.74, 6) is -2.17. The van der Waals surface area contributed by atoms with Crippen LogP contribution in [-0.2, 0) is 20.9 Å². The van der Waals surface area contributed by atoms with E-state index >= 15 is 0 Å². The van der Waals surface area contributed by atoms with Gasteiger partial charge in [-0.3, -0.25) is 9.59 Å². The summed E-state index contributed by atoms with van der Waals surface area (Å²) < 4.78 is 4.89. The van der Waals surface area contributed by atoms with Crippen LogP contribution < -0.4 is 11.5 Å². The lowest BCUT2D eigenvalue weighted by atomic mass is 10.1. The second-order valence-electron chi connectivity index (χ2n) is 3.98. The zero-order chi connectivity index (χ0) is 13.7. The van der Waals surface area contributed by atoms with Gasteiger partial charge in [0, 0.05) is 0 Å². The fraction of sp³-hybridized carbons (Fsp3) is 0.333. The van der Waals surface area contributed by atoms with E-state index in [1.54, 1.807) is 0 Å². The van der Waals surface area contributed by atoms with E-state index in [-0.39, 0.29) is 6.61 Å². The topological polar surface area (TPSA) is 116 Å². The zero-order valence-electron chi connectivity index (χ0n) is 10.00. The van der Waals surface area contributed by atoms with Crippen molar-refractivity contribution in [3.8, 4) is 0 Å². The summed E-state index contributed by atoms with van der Waals surface area (Å²) in [5.41, 5.74) is 12.5. The van der Waals surface area contributed by atoms with Gasteiger partial charge in [-0.15, -0.1) is 0 Å². The molecular formula is C12H16N2O4. The summed E-state index contributed by atoms with van der Waals surface area (Å²) in [6.45, 7) is 1.98. The van der Waals surface area contributed by atoms with Crippen LogP contribution in [0.1, 0.15) is 11.1 Å². The van der Waals surface area contributed by atoms with E-state index in [1.807, 2.05) is 31.2 Å². The molecule has 1 aromatic carbocycles. The molecule has 0 aliphatic rings. The van der Waals surface area contributed by atoms with Gasteiger partial charge in [-0.25, -0.2) is 0 Å². The predicted molar refractivity (Wildman–Crippen MR) is 64.6 cm³/mol. The first-order chi connectivity index (χ1) is 8.41. The first-order valence-electron chi connectivity index (χ1n) is 5.38. The van der Waals surface area contributed by atoms with E-state index < -0.39 is 24.0 Å². The van der Waals surface area contributed by atoms with Crippen LogP contribution >= 0.6 is 0 Å². The van der Waals surface area contributed by atoms with Crippen LogP contribution in [-0.4, -0.2) is 29.1 Å². The van der Waals surface area contributed by atoms with E-state index in [9.17, 15) is 9.59 Å². The van der Waals surface area contributed by atoms with Gasteiger partial charge in [0.15, 0.2) is 0 Å². The van der Waals surface area contributed by atoms with Crippen LogP contribution in [0, 0.1) is 6.92 Å². The highest BCUT2D eigenvalue weighted by atomic mass is 16.5. The average molecular weight is 252 g/mol. The Hall–Kier alpha value is -1.92. The fourth-order valence-electron chi connectivity index (χ4n) is 1.24. The number of hydrogen-bond donors (Lipinski definition) is 3. The lowest BCUT2D eigenvalue weighted by Crippen LogP contribution is -2.52. The molecule has 0 amide bonds. The van der Waals surface area contributed by atoms with Crippen molar-refractivity contribution in [2.75, 3.05) is 0 Å². The highest BCUT2D eigenvalue weighted by Crippen LogP contribution is 2.05. The third kappa shape index (κ3) is 3.83. The Morgan fingerprint density at radius 3 is 2.28 bits per heavy atom. The number of carbonyl (C=O) groups excluding carboxylic acids is 1. The minimum atomic E-state index is -1.46. The first kappa shape index (κ1) is 14.1. The highest BCUT2D eigenvalue weighted by molar-refractivity contribution is 5.85. The molecule has 18 heavy (non-hydrogen) atoms. The Bertz CT molecular complexity index is 430. The number of aliphatic carboxylic acids is 1. The van der Waals surface area contributed by atoms with Crippen LogP contribution in [0.5, 0.6) is 0 Å². The number of carboxylic acids is 1. The number of carboxylic acid groups (broad SMARTS) is 1. The average Bonchev–Trinajstić information content (AvgIpc) is 2.35. The summed E-state index contributed by atoms with van der Waals surface area (Å²) in [7, 11) is 0. The number of rotatable bonds is 5. The van der Waals surface area contributed by atoms with Gasteiger partial charge in [0.2, 0.25) is 0 Å². The standard InChI is InChI=1S/C12H16N2O4/c1-7-2-4-8(5-3-7)6-18-12(17)10(14)9(13)11(15)16/h2-5,9-10H,6,13-14H2,1H3,(H,15,16)/t9?,10-/m0/s1. The number of esters is 1. The molecule has 1 rings (SSSR count). The van der Waals surface area contributed by atoms with Crippen molar-refractivity contribution in [1.29, 1.82) is 0 Å². The molecule has 0 radical (unpaired) electrons. The van der Waals surface area contributed by atoms with Crippen LogP contribution in [0.3, 0.4) is 0 Å². The van der Waals surface area contributed by atoms with E-state index in [2.05, 4.69) is 0 Å². The minimum absolute atomic E-state index is 0.0408. The molecule has 0 saturated heterocycles. The minimum Gasteiger partial charge on any atom is -0.480 e. The van der Waals surface area contributed by atoms with Gasteiger partial charge in [0.05, 0.1) is 0 Å². The maximum atomic E-state index is 11.4. The SMILES string of the molecule is Cc1ccc(COC(=O)[C@@H](N)C(N)C(=O)O)cc1. The molecule has 1 unspecified atom stereocenters. The van der Waals surface area contributed by atoms with Gasteiger partial charge < -0.3 is 21.3 Å². The quantitative estimate of drug-likeness (QED) is 0.624. The molecule has 6 nitrogen and oxygen atoms in total. The largest absolute Gasteiger partial charge is 0.480 e. The number of aryl methyl sites for hydroxylation is 1. The summed E-state index contributed by atoms with van der Waals surface area (Å²) >= 11 is 0. The Kier molecular flexibility index (Phi) is 4.82. The molecule has 5 N–H and O–H groups in total. The van der Waals surface area contributed by atoms with Crippen LogP contribution in [0.4, 0.5) is 0 Å². The molecule has 0 fully saturated rings. The third-order valence-electron chi connectivity index (χ3n) is 2.45. The normalized spacial score (nSPS) is 13.7. The van der Waals surface area contributed by atoms with Crippen molar-refractivity contribution < 1.29 is 19.4 Å². The number of hydrogen-bond acceptors (Lipinski definition) is 5.